The summed E-state index contributed by atoms with van der Waals surface area (Å²) in [5.74, 6) is -1.02. The van der Waals surface area contributed by atoms with Crippen LogP contribution in [-0.2, 0) is 9.54 Å². The van der Waals surface area contributed by atoms with E-state index < -0.39 is 10.7 Å². The highest BCUT2D eigenvalue weighted by molar-refractivity contribution is 7.95. The van der Waals surface area contributed by atoms with Crippen LogP contribution >= 0.6 is 24.3 Å². The zero-order valence-corrected chi connectivity index (χ0v) is 11.8. The van der Waals surface area contributed by atoms with Crippen LogP contribution in [0.1, 0.15) is 18.4 Å². The molecule has 0 amide bonds. The lowest BCUT2D eigenvalue weighted by molar-refractivity contribution is -0.137. The third kappa shape index (κ3) is 2.75. The summed E-state index contributed by atoms with van der Waals surface area (Å²) in [4.78, 5) is 11.4. The number of nitrogens with one attached hydrogen (secondary N) is 1. The number of carbonyl (C=O) groups is 1. The Balaban J connectivity index is 2.32. The van der Waals surface area contributed by atoms with Crippen LogP contribution in [0.2, 0.25) is 0 Å². The highest BCUT2D eigenvalue weighted by Gasteiger charge is 2.48. The minimum atomic E-state index is -0.848. The van der Waals surface area contributed by atoms with Gasteiger partial charge in [-0.25, -0.2) is 0 Å². The van der Waals surface area contributed by atoms with Crippen molar-refractivity contribution in [2.45, 2.75) is 17.6 Å². The van der Waals surface area contributed by atoms with Gasteiger partial charge in [0.1, 0.15) is 0 Å². The Bertz CT molecular complexity index is 480. The van der Waals surface area contributed by atoms with Crippen molar-refractivity contribution in [1.29, 1.82) is 0 Å². The quantitative estimate of drug-likeness (QED) is 0.573. The fourth-order valence-electron chi connectivity index (χ4n) is 2.48. The number of rotatable bonds is 5. The summed E-state index contributed by atoms with van der Waals surface area (Å²) in [6.45, 7) is 0.515. The van der Waals surface area contributed by atoms with E-state index in [9.17, 15) is 9.35 Å². The van der Waals surface area contributed by atoms with Gasteiger partial charge in [0.15, 0.2) is 0 Å². The number of carboxylic acids is 1. The largest absolute Gasteiger partial charge is 0.481 e. The molecule has 1 heterocycles. The Labute approximate surface area is 121 Å². The Kier molecular flexibility index (Phi) is 4.44. The second-order valence-electron chi connectivity index (χ2n) is 4.55. The average Bonchev–Trinajstić information content (AvgIpc) is 2.75. The van der Waals surface area contributed by atoms with Gasteiger partial charge in [0.2, 0.25) is 0 Å². The third-order valence-corrected chi connectivity index (χ3v) is 4.90. The van der Waals surface area contributed by atoms with E-state index in [-0.39, 0.29) is 12.3 Å². The molecule has 1 aromatic carbocycles. The molecule has 0 spiro atoms. The van der Waals surface area contributed by atoms with Crippen molar-refractivity contribution in [1.82, 2.24) is 5.32 Å². The Morgan fingerprint density at radius 3 is 2.74 bits per heavy atom. The molecular formula is C13H15NO3S2. The summed E-state index contributed by atoms with van der Waals surface area (Å²) in [6.07, 6.45) is 0.464. The first-order valence-electron chi connectivity index (χ1n) is 5.98. The van der Waals surface area contributed by atoms with Gasteiger partial charge in [-0.2, -0.15) is 0 Å². The third-order valence-electron chi connectivity index (χ3n) is 3.48. The first kappa shape index (κ1) is 14.3. The van der Waals surface area contributed by atoms with Crippen LogP contribution in [0.25, 0.3) is 0 Å². The molecular weight excluding hydrogens is 282 g/mol. The normalized spacial score (nSPS) is 26.2. The molecule has 0 aromatic heterocycles. The molecule has 19 heavy (non-hydrogen) atoms. The fourth-order valence-corrected chi connectivity index (χ4v) is 3.69. The second-order valence-corrected chi connectivity index (χ2v) is 5.90. The number of aliphatic carboxylic acids is 1. The van der Waals surface area contributed by atoms with E-state index in [2.05, 4.69) is 5.32 Å². The van der Waals surface area contributed by atoms with Gasteiger partial charge >= 0.3 is 5.97 Å². The van der Waals surface area contributed by atoms with Crippen LogP contribution < -0.4 is 5.32 Å². The molecule has 102 valence electrons. The molecule has 3 N–H and O–H groups in total. The maximum atomic E-state index is 10.8. The van der Waals surface area contributed by atoms with Gasteiger partial charge in [-0.1, -0.05) is 42.5 Å². The Morgan fingerprint density at radius 2 is 2.16 bits per heavy atom. The SMILES string of the molecule is O=C(O)CCC1C(=S)NCC1(SO)c1ccccc1. The molecule has 1 aliphatic rings. The number of carboxylic acid groups (broad SMARTS) is 1. The van der Waals surface area contributed by atoms with Crippen molar-refractivity contribution in [3.05, 3.63) is 35.9 Å². The van der Waals surface area contributed by atoms with Crippen LogP contribution in [0.4, 0.5) is 0 Å². The highest BCUT2D eigenvalue weighted by Crippen LogP contribution is 2.46. The molecule has 0 bridgehead atoms. The van der Waals surface area contributed by atoms with Gasteiger partial charge in [0.25, 0.3) is 0 Å². The fraction of sp³-hybridized carbons (Fsp3) is 0.385. The molecule has 0 aliphatic carbocycles. The van der Waals surface area contributed by atoms with Gasteiger partial charge in [-0.3, -0.25) is 4.79 Å². The van der Waals surface area contributed by atoms with Crippen molar-refractivity contribution < 1.29 is 14.5 Å². The first-order chi connectivity index (χ1) is 9.10. The maximum absolute atomic E-state index is 10.8. The summed E-state index contributed by atoms with van der Waals surface area (Å²) in [5, 5.41) is 11.9. The van der Waals surface area contributed by atoms with Crippen LogP contribution in [0, 0.1) is 5.92 Å². The van der Waals surface area contributed by atoms with Crippen LogP contribution in [0.5, 0.6) is 0 Å². The number of hydrogen-bond acceptors (Lipinski definition) is 4. The monoisotopic (exact) mass is 297 g/mol. The maximum Gasteiger partial charge on any atom is 0.303 e. The topological polar surface area (TPSA) is 69.6 Å². The molecule has 1 aromatic rings. The molecule has 0 saturated carbocycles. The Morgan fingerprint density at radius 1 is 1.47 bits per heavy atom. The zero-order valence-electron chi connectivity index (χ0n) is 10.2. The van der Waals surface area contributed by atoms with Gasteiger partial charge in [-0.15, -0.1) is 0 Å². The lowest BCUT2D eigenvalue weighted by atomic mass is 9.85. The van der Waals surface area contributed by atoms with Crippen molar-refractivity contribution >= 4 is 35.2 Å². The summed E-state index contributed by atoms with van der Waals surface area (Å²) in [6, 6.07) is 9.59. The van der Waals surface area contributed by atoms with E-state index in [0.29, 0.717) is 18.0 Å². The molecule has 6 heteroatoms. The van der Waals surface area contributed by atoms with E-state index in [1.165, 1.54) is 0 Å². The lowest BCUT2D eigenvalue weighted by Gasteiger charge is -2.31. The molecule has 1 saturated heterocycles. The summed E-state index contributed by atoms with van der Waals surface area (Å²) in [7, 11) is 0. The van der Waals surface area contributed by atoms with Crippen molar-refractivity contribution in [3.63, 3.8) is 0 Å². The van der Waals surface area contributed by atoms with Gasteiger partial charge in [-0.05, 0) is 12.0 Å². The predicted molar refractivity (Wildman–Crippen MR) is 79.3 cm³/mol. The van der Waals surface area contributed by atoms with E-state index in [4.69, 9.17) is 17.3 Å². The number of benzene rings is 1. The number of hydrogen-bond donors (Lipinski definition) is 3. The van der Waals surface area contributed by atoms with Gasteiger partial charge in [0.05, 0.1) is 9.74 Å². The van der Waals surface area contributed by atoms with E-state index >= 15 is 0 Å². The van der Waals surface area contributed by atoms with Gasteiger partial charge < -0.3 is 15.0 Å². The van der Waals surface area contributed by atoms with E-state index in [0.717, 1.165) is 17.6 Å². The minimum absolute atomic E-state index is 0.0433. The van der Waals surface area contributed by atoms with Crippen molar-refractivity contribution in [3.8, 4) is 0 Å². The van der Waals surface area contributed by atoms with Crippen LogP contribution in [-0.4, -0.2) is 27.2 Å². The van der Waals surface area contributed by atoms with Crippen molar-refractivity contribution in [2.75, 3.05) is 6.54 Å². The lowest BCUT2D eigenvalue weighted by Crippen LogP contribution is -2.32. The molecule has 1 fully saturated rings. The summed E-state index contributed by atoms with van der Waals surface area (Å²) >= 11 is 6.03. The standard InChI is InChI=1S/C13H15NO3S2/c15-11(16)7-6-10-12(18)14-8-13(10,19-17)9-4-2-1-3-5-9/h1-5,10,17H,6-8H2,(H,14,18)(H,15,16). The highest BCUT2D eigenvalue weighted by atomic mass is 32.2. The van der Waals surface area contributed by atoms with Crippen LogP contribution in [0.15, 0.2) is 30.3 Å². The average molecular weight is 297 g/mol. The van der Waals surface area contributed by atoms with E-state index in [1.54, 1.807) is 0 Å². The summed E-state index contributed by atoms with van der Waals surface area (Å²) < 4.78 is 9.20. The van der Waals surface area contributed by atoms with Gasteiger partial charge in [0, 0.05) is 30.9 Å². The smallest absolute Gasteiger partial charge is 0.303 e. The minimum Gasteiger partial charge on any atom is -0.481 e. The predicted octanol–water partition coefficient (Wildman–Crippen LogP) is 2.50. The molecule has 2 atom stereocenters. The summed E-state index contributed by atoms with van der Waals surface area (Å²) in [5.41, 5.74) is 0.963. The molecule has 2 unspecified atom stereocenters. The molecule has 2 rings (SSSR count). The molecule has 1 aliphatic heterocycles. The first-order valence-corrected chi connectivity index (χ1v) is 7.16. The van der Waals surface area contributed by atoms with Crippen molar-refractivity contribution in [2.24, 2.45) is 5.92 Å². The second kappa shape index (κ2) is 5.90. The van der Waals surface area contributed by atoms with E-state index in [1.807, 2.05) is 30.3 Å². The molecule has 4 nitrogen and oxygen atoms in total. The van der Waals surface area contributed by atoms with Crippen LogP contribution in [0.3, 0.4) is 0 Å². The number of thiocarbonyl (C=S) groups is 1. The molecule has 0 radical (unpaired) electrons. The Hall–Kier alpha value is -1.11. The zero-order chi connectivity index (χ0) is 13.9.